The molecule has 26 heavy (non-hydrogen) atoms. The van der Waals surface area contributed by atoms with Crippen molar-refractivity contribution in [2.45, 2.75) is 45.7 Å². The lowest BCUT2D eigenvalue weighted by molar-refractivity contribution is 0.241. The van der Waals surface area contributed by atoms with Crippen molar-refractivity contribution in [2.75, 3.05) is 6.54 Å². The molecule has 1 aliphatic heterocycles. The maximum Gasteiger partial charge on any atom is 0.255 e. The van der Waals surface area contributed by atoms with E-state index in [1.807, 2.05) is 12.3 Å². The van der Waals surface area contributed by atoms with Crippen LogP contribution in [-0.4, -0.2) is 31.6 Å². The van der Waals surface area contributed by atoms with Gasteiger partial charge < -0.3 is 4.98 Å². The van der Waals surface area contributed by atoms with Crippen LogP contribution in [0.1, 0.15) is 43.4 Å². The molecule has 0 bridgehead atoms. The van der Waals surface area contributed by atoms with E-state index in [9.17, 15) is 4.79 Å². The molecule has 0 spiro atoms. The van der Waals surface area contributed by atoms with Crippen LogP contribution in [-0.2, 0) is 24.9 Å². The van der Waals surface area contributed by atoms with Gasteiger partial charge in [0.1, 0.15) is 5.82 Å². The molecule has 0 saturated heterocycles. The molecular formula is C19H23N5OS. The Bertz CT molecular complexity index is 965. The molecule has 0 amide bonds. The Morgan fingerprint density at radius 2 is 2.19 bits per heavy atom. The molecule has 0 saturated carbocycles. The molecule has 3 aromatic heterocycles. The molecule has 4 heterocycles. The highest BCUT2D eigenvalue weighted by atomic mass is 32.1. The van der Waals surface area contributed by atoms with Gasteiger partial charge in [-0.05, 0) is 11.4 Å². The summed E-state index contributed by atoms with van der Waals surface area (Å²) in [6, 6.07) is 4.13. The average molecular weight is 369 g/mol. The van der Waals surface area contributed by atoms with E-state index in [4.69, 9.17) is 4.98 Å². The summed E-state index contributed by atoms with van der Waals surface area (Å²) < 4.78 is 0. The molecule has 0 fully saturated rings. The van der Waals surface area contributed by atoms with E-state index < -0.39 is 0 Å². The van der Waals surface area contributed by atoms with Gasteiger partial charge in [0.05, 0.1) is 28.0 Å². The number of fused-ring (bicyclic) bond motifs is 1. The van der Waals surface area contributed by atoms with Crippen LogP contribution in [0.3, 0.4) is 0 Å². The fourth-order valence-corrected chi connectivity index (χ4v) is 4.03. The largest absolute Gasteiger partial charge is 0.310 e. The molecule has 4 rings (SSSR count). The molecule has 3 aromatic rings. The van der Waals surface area contributed by atoms with Gasteiger partial charge >= 0.3 is 0 Å². The van der Waals surface area contributed by atoms with Gasteiger partial charge in [-0.3, -0.25) is 14.8 Å². The number of nitrogens with zero attached hydrogens (tertiary/aromatic N) is 3. The second kappa shape index (κ2) is 6.48. The van der Waals surface area contributed by atoms with Crippen LogP contribution < -0.4 is 5.56 Å². The minimum atomic E-state index is -0.155. The highest BCUT2D eigenvalue weighted by molar-refractivity contribution is 7.13. The van der Waals surface area contributed by atoms with Crippen molar-refractivity contribution >= 4 is 11.3 Å². The predicted octanol–water partition coefficient (Wildman–Crippen LogP) is 3.08. The molecule has 0 unspecified atom stereocenters. The molecule has 2 N–H and O–H groups in total. The smallest absolute Gasteiger partial charge is 0.255 e. The second-order valence-corrected chi connectivity index (χ2v) is 8.75. The van der Waals surface area contributed by atoms with E-state index in [1.165, 1.54) is 4.88 Å². The Labute approximate surface area is 156 Å². The lowest BCUT2D eigenvalue weighted by Gasteiger charge is -2.28. The summed E-state index contributed by atoms with van der Waals surface area (Å²) in [6.45, 7) is 8.48. The van der Waals surface area contributed by atoms with Gasteiger partial charge in [-0.15, -0.1) is 11.3 Å². The molecule has 0 aromatic carbocycles. The summed E-state index contributed by atoms with van der Waals surface area (Å²) in [4.78, 5) is 23.8. The topological polar surface area (TPSA) is 77.7 Å². The third kappa shape index (κ3) is 3.24. The molecular weight excluding hydrogens is 346 g/mol. The van der Waals surface area contributed by atoms with Gasteiger partial charge in [-0.2, -0.15) is 5.10 Å². The SMILES string of the molecule is CC(C)(C)c1nc2c(c(=O)[nH]1)CN(Cc1cn[nH]c1-c1cccs1)CC2. The van der Waals surface area contributed by atoms with E-state index in [0.717, 1.165) is 47.8 Å². The maximum absolute atomic E-state index is 12.6. The monoisotopic (exact) mass is 369 g/mol. The summed E-state index contributed by atoms with van der Waals surface area (Å²) >= 11 is 1.70. The van der Waals surface area contributed by atoms with Gasteiger partial charge in [-0.1, -0.05) is 26.8 Å². The van der Waals surface area contributed by atoms with Crippen molar-refractivity contribution in [2.24, 2.45) is 0 Å². The second-order valence-electron chi connectivity index (χ2n) is 7.80. The first kappa shape index (κ1) is 17.2. The van der Waals surface area contributed by atoms with Gasteiger partial charge in [-0.25, -0.2) is 4.98 Å². The highest BCUT2D eigenvalue weighted by Gasteiger charge is 2.25. The van der Waals surface area contributed by atoms with E-state index >= 15 is 0 Å². The van der Waals surface area contributed by atoms with Crippen molar-refractivity contribution in [3.8, 4) is 10.6 Å². The summed E-state index contributed by atoms with van der Waals surface area (Å²) in [5, 5.41) is 9.39. The van der Waals surface area contributed by atoms with Crippen LogP contribution in [0.15, 0.2) is 28.5 Å². The molecule has 0 atom stereocenters. The van der Waals surface area contributed by atoms with Crippen molar-refractivity contribution in [1.29, 1.82) is 0 Å². The number of H-pyrrole nitrogens is 2. The lowest BCUT2D eigenvalue weighted by Crippen LogP contribution is -2.37. The van der Waals surface area contributed by atoms with Crippen LogP contribution in [0.25, 0.3) is 10.6 Å². The van der Waals surface area contributed by atoms with Gasteiger partial charge in [0.2, 0.25) is 0 Å². The zero-order valence-corrected chi connectivity index (χ0v) is 16.1. The summed E-state index contributed by atoms with van der Waals surface area (Å²) in [7, 11) is 0. The van der Waals surface area contributed by atoms with E-state index in [0.29, 0.717) is 6.54 Å². The summed E-state index contributed by atoms with van der Waals surface area (Å²) in [5.41, 5.74) is 3.81. The first-order chi connectivity index (χ1) is 12.4. The van der Waals surface area contributed by atoms with E-state index in [2.05, 4.69) is 52.3 Å². The first-order valence-electron chi connectivity index (χ1n) is 8.83. The Morgan fingerprint density at radius 3 is 2.92 bits per heavy atom. The van der Waals surface area contributed by atoms with Crippen LogP contribution >= 0.6 is 11.3 Å². The number of thiophene rings is 1. The van der Waals surface area contributed by atoms with Gasteiger partial charge in [0.25, 0.3) is 5.56 Å². The molecule has 1 aliphatic rings. The van der Waals surface area contributed by atoms with Gasteiger partial charge in [0.15, 0.2) is 0 Å². The van der Waals surface area contributed by atoms with Crippen molar-refractivity contribution in [3.63, 3.8) is 0 Å². The molecule has 0 radical (unpaired) electrons. The zero-order chi connectivity index (χ0) is 18.3. The third-order valence-electron chi connectivity index (χ3n) is 4.74. The number of nitrogens with one attached hydrogen (secondary N) is 2. The van der Waals surface area contributed by atoms with Crippen molar-refractivity contribution in [1.82, 2.24) is 25.1 Å². The Hall–Kier alpha value is -2.25. The maximum atomic E-state index is 12.6. The first-order valence-corrected chi connectivity index (χ1v) is 9.71. The van der Waals surface area contributed by atoms with Crippen LogP contribution in [0.4, 0.5) is 0 Å². The fraction of sp³-hybridized carbons (Fsp3) is 0.421. The fourth-order valence-electron chi connectivity index (χ4n) is 3.28. The Morgan fingerprint density at radius 1 is 1.35 bits per heavy atom. The number of rotatable bonds is 3. The van der Waals surface area contributed by atoms with E-state index in [-0.39, 0.29) is 11.0 Å². The average Bonchev–Trinajstić information content (AvgIpc) is 3.25. The zero-order valence-electron chi connectivity index (χ0n) is 15.3. The number of aromatic nitrogens is 4. The van der Waals surface area contributed by atoms with Crippen LogP contribution in [0.5, 0.6) is 0 Å². The predicted molar refractivity (Wildman–Crippen MR) is 103 cm³/mol. The number of hydrogen-bond acceptors (Lipinski definition) is 5. The molecule has 136 valence electrons. The van der Waals surface area contributed by atoms with E-state index in [1.54, 1.807) is 11.3 Å². The molecule has 7 heteroatoms. The van der Waals surface area contributed by atoms with Gasteiger partial charge in [0, 0.05) is 37.0 Å². The van der Waals surface area contributed by atoms with Crippen molar-refractivity contribution in [3.05, 3.63) is 56.7 Å². The Kier molecular flexibility index (Phi) is 4.28. The Balaban J connectivity index is 1.57. The standard InChI is InChI=1S/C19H23N5OS/c1-19(2,3)18-21-14-6-7-24(11-13(14)17(25)22-18)10-12-9-20-23-16(12)15-5-4-8-26-15/h4-5,8-9H,6-7,10-11H2,1-3H3,(H,20,23)(H,21,22,25). The molecule has 0 aliphatic carbocycles. The quantitative estimate of drug-likeness (QED) is 0.744. The summed E-state index contributed by atoms with van der Waals surface area (Å²) in [5.74, 6) is 0.768. The lowest BCUT2D eigenvalue weighted by atomic mass is 9.95. The normalized spacial score (nSPS) is 15.2. The molecule has 6 nitrogen and oxygen atoms in total. The minimum Gasteiger partial charge on any atom is -0.310 e. The van der Waals surface area contributed by atoms with Crippen LogP contribution in [0, 0.1) is 0 Å². The van der Waals surface area contributed by atoms with Crippen LogP contribution in [0.2, 0.25) is 0 Å². The highest BCUT2D eigenvalue weighted by Crippen LogP contribution is 2.28. The number of hydrogen-bond donors (Lipinski definition) is 2. The van der Waals surface area contributed by atoms with Crippen molar-refractivity contribution < 1.29 is 0 Å². The number of aromatic amines is 2. The third-order valence-corrected chi connectivity index (χ3v) is 5.62. The minimum absolute atomic E-state index is 0.00435. The summed E-state index contributed by atoms with van der Waals surface area (Å²) in [6.07, 6.45) is 2.68.